The Bertz CT molecular complexity index is 1000. The molecule has 0 amide bonds. The lowest BCUT2D eigenvalue weighted by Crippen LogP contribution is -2.49. The van der Waals surface area contributed by atoms with Gasteiger partial charge < -0.3 is 10.2 Å². The van der Waals surface area contributed by atoms with E-state index in [1.165, 1.54) is 35.7 Å². The predicted octanol–water partition coefficient (Wildman–Crippen LogP) is 3.32. The van der Waals surface area contributed by atoms with Crippen LogP contribution >= 0.6 is 0 Å². The van der Waals surface area contributed by atoms with Crippen LogP contribution < -0.4 is 10.2 Å². The quantitative estimate of drug-likeness (QED) is 0.732. The first-order chi connectivity index (χ1) is 14.9. The molecule has 1 saturated heterocycles. The van der Waals surface area contributed by atoms with Crippen molar-refractivity contribution in [2.45, 2.75) is 50.8 Å². The number of sulfonamides is 1. The maximum absolute atomic E-state index is 13.9. The van der Waals surface area contributed by atoms with Crippen LogP contribution in [0.2, 0.25) is 0 Å². The SMILES string of the molecule is Cc1cc(N2CCN(S(=O)(=O)Cc3ccccc3F)CC2)nc(NC2CCCCC2)n1. The lowest BCUT2D eigenvalue weighted by Gasteiger charge is -2.35. The number of nitrogens with zero attached hydrogens (tertiary/aromatic N) is 4. The molecular weight excluding hydrogens is 417 g/mol. The third kappa shape index (κ3) is 5.51. The molecule has 0 atom stereocenters. The molecule has 0 bridgehead atoms. The van der Waals surface area contributed by atoms with Gasteiger partial charge in [-0.25, -0.2) is 17.8 Å². The summed E-state index contributed by atoms with van der Waals surface area (Å²) in [5.74, 6) is 0.662. The van der Waals surface area contributed by atoms with Crippen LogP contribution in [0.3, 0.4) is 0 Å². The molecule has 1 aromatic carbocycles. The summed E-state index contributed by atoms with van der Waals surface area (Å²) in [6.45, 7) is 3.73. The zero-order valence-electron chi connectivity index (χ0n) is 17.9. The number of aryl methyl sites for hydroxylation is 1. The maximum Gasteiger partial charge on any atom is 0.225 e. The molecule has 2 aromatic rings. The molecule has 1 N–H and O–H groups in total. The Hall–Kier alpha value is -2.26. The van der Waals surface area contributed by atoms with E-state index in [9.17, 15) is 12.8 Å². The van der Waals surface area contributed by atoms with Crippen molar-refractivity contribution in [3.05, 3.63) is 47.4 Å². The largest absolute Gasteiger partial charge is 0.354 e. The van der Waals surface area contributed by atoms with Crippen LogP contribution in [0.4, 0.5) is 16.2 Å². The zero-order chi connectivity index (χ0) is 21.8. The van der Waals surface area contributed by atoms with Gasteiger partial charge in [0.2, 0.25) is 16.0 Å². The van der Waals surface area contributed by atoms with Gasteiger partial charge in [-0.05, 0) is 25.8 Å². The molecule has 31 heavy (non-hydrogen) atoms. The highest BCUT2D eigenvalue weighted by Crippen LogP contribution is 2.23. The Morgan fingerprint density at radius 1 is 1.06 bits per heavy atom. The Morgan fingerprint density at radius 2 is 1.77 bits per heavy atom. The van der Waals surface area contributed by atoms with Crippen LogP contribution in [0.5, 0.6) is 0 Å². The highest BCUT2D eigenvalue weighted by Gasteiger charge is 2.28. The van der Waals surface area contributed by atoms with Crippen molar-refractivity contribution in [1.29, 1.82) is 0 Å². The Labute approximate surface area is 183 Å². The average molecular weight is 448 g/mol. The normalized spacial score (nSPS) is 18.8. The van der Waals surface area contributed by atoms with Gasteiger partial charge in [0.1, 0.15) is 11.6 Å². The lowest BCUT2D eigenvalue weighted by molar-refractivity contribution is 0.383. The molecule has 1 saturated carbocycles. The first-order valence-electron chi connectivity index (χ1n) is 11.0. The van der Waals surface area contributed by atoms with Gasteiger partial charge in [-0.1, -0.05) is 37.5 Å². The number of hydrogen-bond acceptors (Lipinski definition) is 6. The van der Waals surface area contributed by atoms with Gasteiger partial charge in [0.05, 0.1) is 5.75 Å². The number of nitrogens with one attached hydrogen (secondary N) is 1. The first-order valence-corrected chi connectivity index (χ1v) is 12.6. The summed E-state index contributed by atoms with van der Waals surface area (Å²) in [6.07, 6.45) is 6.05. The van der Waals surface area contributed by atoms with E-state index in [0.29, 0.717) is 38.2 Å². The van der Waals surface area contributed by atoms with E-state index in [-0.39, 0.29) is 11.3 Å². The highest BCUT2D eigenvalue weighted by molar-refractivity contribution is 7.88. The molecule has 0 spiro atoms. The number of benzene rings is 1. The molecule has 0 unspecified atom stereocenters. The monoisotopic (exact) mass is 447 g/mol. The topological polar surface area (TPSA) is 78.4 Å². The van der Waals surface area contributed by atoms with E-state index in [0.717, 1.165) is 24.4 Å². The van der Waals surface area contributed by atoms with E-state index < -0.39 is 15.8 Å². The molecule has 2 fully saturated rings. The second kappa shape index (κ2) is 9.48. The summed E-state index contributed by atoms with van der Waals surface area (Å²) in [5.41, 5.74) is 1.09. The maximum atomic E-state index is 13.9. The van der Waals surface area contributed by atoms with Crippen LogP contribution in [0.1, 0.15) is 43.4 Å². The van der Waals surface area contributed by atoms with E-state index in [1.54, 1.807) is 12.1 Å². The van der Waals surface area contributed by atoms with Crippen molar-refractivity contribution in [2.75, 3.05) is 36.4 Å². The molecule has 1 aromatic heterocycles. The van der Waals surface area contributed by atoms with Crippen LogP contribution in [0.15, 0.2) is 30.3 Å². The predicted molar refractivity (Wildman–Crippen MR) is 120 cm³/mol. The fraction of sp³-hybridized carbons (Fsp3) is 0.545. The summed E-state index contributed by atoms with van der Waals surface area (Å²) in [5, 5.41) is 3.48. The highest BCUT2D eigenvalue weighted by atomic mass is 32.2. The van der Waals surface area contributed by atoms with Gasteiger partial charge in [-0.15, -0.1) is 0 Å². The minimum absolute atomic E-state index is 0.204. The molecule has 7 nitrogen and oxygen atoms in total. The van der Waals surface area contributed by atoms with Crippen LogP contribution in [-0.4, -0.2) is 54.9 Å². The molecule has 168 valence electrons. The van der Waals surface area contributed by atoms with Crippen LogP contribution in [-0.2, 0) is 15.8 Å². The molecule has 0 radical (unpaired) electrons. The molecule has 1 aliphatic carbocycles. The van der Waals surface area contributed by atoms with Crippen molar-refractivity contribution in [3.8, 4) is 0 Å². The summed E-state index contributed by atoms with van der Waals surface area (Å²) < 4.78 is 40.9. The van der Waals surface area contributed by atoms with Gasteiger partial charge in [0.15, 0.2) is 0 Å². The van der Waals surface area contributed by atoms with Crippen LogP contribution in [0.25, 0.3) is 0 Å². The molecular formula is C22H30FN5O2S. The molecule has 4 rings (SSSR count). The van der Waals surface area contributed by atoms with Crippen molar-refractivity contribution in [1.82, 2.24) is 14.3 Å². The summed E-state index contributed by atoms with van der Waals surface area (Å²) in [7, 11) is -3.58. The standard InChI is InChI=1S/C22H30FN5O2S/c1-17-15-21(26-22(24-17)25-19-8-3-2-4-9-19)27-11-13-28(14-12-27)31(29,30)16-18-7-5-6-10-20(18)23/h5-7,10,15,19H,2-4,8-9,11-14,16H2,1H3,(H,24,25,26). The van der Waals surface area contributed by atoms with Gasteiger partial charge in [-0.2, -0.15) is 9.29 Å². The van der Waals surface area contributed by atoms with Crippen LogP contribution in [0, 0.1) is 12.7 Å². The number of rotatable bonds is 6. The first kappa shape index (κ1) is 22.0. The van der Waals surface area contributed by atoms with E-state index in [2.05, 4.69) is 15.2 Å². The summed E-state index contributed by atoms with van der Waals surface area (Å²) >= 11 is 0. The molecule has 1 aliphatic heterocycles. The van der Waals surface area contributed by atoms with Crippen molar-refractivity contribution >= 4 is 21.8 Å². The number of hydrogen-bond donors (Lipinski definition) is 1. The van der Waals surface area contributed by atoms with Gasteiger partial charge in [0.25, 0.3) is 0 Å². The Morgan fingerprint density at radius 3 is 2.48 bits per heavy atom. The van der Waals surface area contributed by atoms with Crippen molar-refractivity contribution < 1.29 is 12.8 Å². The summed E-state index contributed by atoms with van der Waals surface area (Å²) in [6, 6.07) is 8.39. The zero-order valence-corrected chi connectivity index (χ0v) is 18.7. The fourth-order valence-corrected chi connectivity index (χ4v) is 5.84. The molecule has 2 aliphatic rings. The number of halogens is 1. The van der Waals surface area contributed by atoms with E-state index in [4.69, 9.17) is 4.98 Å². The third-order valence-electron chi connectivity index (χ3n) is 6.03. The summed E-state index contributed by atoms with van der Waals surface area (Å²) in [4.78, 5) is 11.3. The van der Waals surface area contributed by atoms with E-state index >= 15 is 0 Å². The van der Waals surface area contributed by atoms with Crippen molar-refractivity contribution in [2.24, 2.45) is 0 Å². The fourth-order valence-electron chi connectivity index (χ4n) is 4.31. The molecule has 9 heteroatoms. The third-order valence-corrected chi connectivity index (χ3v) is 7.86. The lowest BCUT2D eigenvalue weighted by atomic mass is 9.96. The van der Waals surface area contributed by atoms with Gasteiger partial charge in [0, 0.05) is 49.5 Å². The smallest absolute Gasteiger partial charge is 0.225 e. The molecule has 2 heterocycles. The number of aromatic nitrogens is 2. The second-order valence-corrected chi connectivity index (χ2v) is 10.4. The number of piperazine rings is 1. The van der Waals surface area contributed by atoms with Crippen molar-refractivity contribution in [3.63, 3.8) is 0 Å². The minimum atomic E-state index is -3.58. The number of anilines is 2. The Balaban J connectivity index is 1.39. The van der Waals surface area contributed by atoms with E-state index in [1.807, 2.05) is 13.0 Å². The van der Waals surface area contributed by atoms with Gasteiger partial charge >= 0.3 is 0 Å². The van der Waals surface area contributed by atoms with Gasteiger partial charge in [-0.3, -0.25) is 0 Å². The average Bonchev–Trinajstić information content (AvgIpc) is 2.76. The Kier molecular flexibility index (Phi) is 6.71. The minimum Gasteiger partial charge on any atom is -0.354 e. The second-order valence-electron chi connectivity index (χ2n) is 8.40.